The zero-order valence-corrected chi connectivity index (χ0v) is 13.8. The van der Waals surface area contributed by atoms with Crippen LogP contribution in [0.1, 0.15) is 38.2 Å². The topological polar surface area (TPSA) is 13.1 Å². The summed E-state index contributed by atoms with van der Waals surface area (Å²) in [5, 5.41) is 0. The average molecular weight is 304 g/mol. The molecule has 0 saturated carbocycles. The number of unbranched alkanes of at least 4 members (excludes halogenated alkanes) is 3. The molecule has 2 aromatic carbocycles. The molecule has 1 aromatic heterocycles. The highest BCUT2D eigenvalue weighted by Gasteiger charge is 2.13. The van der Waals surface area contributed by atoms with Crippen LogP contribution < -0.4 is 0 Å². The number of rotatable bonds is 7. The van der Waals surface area contributed by atoms with Gasteiger partial charge in [0.15, 0.2) is 0 Å². The predicted molar refractivity (Wildman–Crippen MR) is 97.4 cm³/mol. The maximum absolute atomic E-state index is 6.24. The summed E-state index contributed by atoms with van der Waals surface area (Å²) >= 11 is 0. The van der Waals surface area contributed by atoms with Crippen LogP contribution in [0.2, 0.25) is 0 Å². The largest absolute Gasteiger partial charge is 0.456 e. The SMILES string of the molecule is CCCCCCc1cc(-c2ccccc2)oc1-c1ccccc1. The second-order valence-corrected chi connectivity index (χ2v) is 6.01. The highest BCUT2D eigenvalue weighted by molar-refractivity contribution is 5.68. The molecule has 3 aromatic rings. The number of benzene rings is 2. The number of furan rings is 1. The van der Waals surface area contributed by atoms with Crippen LogP contribution in [0.5, 0.6) is 0 Å². The summed E-state index contributed by atoms with van der Waals surface area (Å²) in [5.74, 6) is 2.00. The zero-order valence-electron chi connectivity index (χ0n) is 13.8. The van der Waals surface area contributed by atoms with E-state index >= 15 is 0 Å². The van der Waals surface area contributed by atoms with E-state index in [4.69, 9.17) is 4.42 Å². The molecule has 0 bridgehead atoms. The van der Waals surface area contributed by atoms with Gasteiger partial charge in [-0.1, -0.05) is 86.8 Å². The molecule has 0 fully saturated rings. The van der Waals surface area contributed by atoms with E-state index in [9.17, 15) is 0 Å². The van der Waals surface area contributed by atoms with E-state index < -0.39 is 0 Å². The van der Waals surface area contributed by atoms with E-state index in [0.717, 1.165) is 23.5 Å². The average Bonchev–Trinajstić information content (AvgIpc) is 3.04. The maximum atomic E-state index is 6.24. The molecule has 0 N–H and O–H groups in total. The normalized spacial score (nSPS) is 10.8. The molecular formula is C22H24O. The van der Waals surface area contributed by atoms with Gasteiger partial charge in [0.05, 0.1) is 0 Å². The number of hydrogen-bond acceptors (Lipinski definition) is 1. The molecule has 0 aliphatic carbocycles. The molecule has 0 aliphatic heterocycles. The van der Waals surface area contributed by atoms with E-state index in [1.165, 1.54) is 36.8 Å². The maximum Gasteiger partial charge on any atom is 0.137 e. The molecule has 0 spiro atoms. The zero-order chi connectivity index (χ0) is 15.9. The molecule has 0 saturated heterocycles. The van der Waals surface area contributed by atoms with Crippen LogP contribution in [0.4, 0.5) is 0 Å². The fourth-order valence-corrected chi connectivity index (χ4v) is 2.94. The monoisotopic (exact) mass is 304 g/mol. The first-order valence-electron chi connectivity index (χ1n) is 8.62. The molecule has 23 heavy (non-hydrogen) atoms. The standard InChI is InChI=1S/C22H24O/c1-2-3-4-7-16-20-17-21(18-12-8-5-9-13-18)23-22(20)19-14-10-6-11-15-19/h5-6,8-15,17H,2-4,7,16H2,1H3. The molecule has 0 aliphatic rings. The fourth-order valence-electron chi connectivity index (χ4n) is 2.94. The first-order valence-corrected chi connectivity index (χ1v) is 8.62. The lowest BCUT2D eigenvalue weighted by molar-refractivity contribution is 0.591. The Morgan fingerprint density at radius 1 is 0.739 bits per heavy atom. The number of hydrogen-bond donors (Lipinski definition) is 0. The Balaban J connectivity index is 1.90. The minimum atomic E-state index is 0.968. The van der Waals surface area contributed by atoms with E-state index in [-0.39, 0.29) is 0 Å². The van der Waals surface area contributed by atoms with Crippen molar-refractivity contribution in [3.05, 3.63) is 72.3 Å². The van der Waals surface area contributed by atoms with Crippen molar-refractivity contribution in [1.29, 1.82) is 0 Å². The van der Waals surface area contributed by atoms with Gasteiger partial charge in [-0.05, 0) is 24.5 Å². The van der Waals surface area contributed by atoms with Gasteiger partial charge in [-0.25, -0.2) is 0 Å². The molecule has 1 heteroatoms. The summed E-state index contributed by atoms with van der Waals surface area (Å²) in [7, 11) is 0. The van der Waals surface area contributed by atoms with Crippen LogP contribution in [0.25, 0.3) is 22.6 Å². The van der Waals surface area contributed by atoms with Crippen molar-refractivity contribution >= 4 is 0 Å². The van der Waals surface area contributed by atoms with Crippen molar-refractivity contribution in [1.82, 2.24) is 0 Å². The van der Waals surface area contributed by atoms with Gasteiger partial charge in [0.2, 0.25) is 0 Å². The molecular weight excluding hydrogens is 280 g/mol. The smallest absolute Gasteiger partial charge is 0.137 e. The summed E-state index contributed by atoms with van der Waals surface area (Å²) in [6, 6.07) is 23.0. The predicted octanol–water partition coefficient (Wildman–Crippen LogP) is 6.74. The van der Waals surface area contributed by atoms with Gasteiger partial charge in [-0.3, -0.25) is 0 Å². The van der Waals surface area contributed by atoms with E-state index in [0.29, 0.717) is 0 Å². The lowest BCUT2D eigenvalue weighted by Gasteiger charge is -2.02. The molecule has 3 rings (SSSR count). The third-order valence-electron chi connectivity index (χ3n) is 4.20. The lowest BCUT2D eigenvalue weighted by Crippen LogP contribution is -1.86. The Bertz CT molecular complexity index is 710. The Hall–Kier alpha value is -2.28. The first-order chi connectivity index (χ1) is 11.4. The second-order valence-electron chi connectivity index (χ2n) is 6.01. The van der Waals surface area contributed by atoms with Crippen molar-refractivity contribution in [2.75, 3.05) is 0 Å². The molecule has 118 valence electrons. The third kappa shape index (κ3) is 3.92. The number of aryl methyl sites for hydroxylation is 1. The minimum Gasteiger partial charge on any atom is -0.456 e. The Labute approximate surface area is 139 Å². The Morgan fingerprint density at radius 3 is 2.04 bits per heavy atom. The van der Waals surface area contributed by atoms with Gasteiger partial charge < -0.3 is 4.42 Å². The molecule has 0 unspecified atom stereocenters. The molecule has 1 nitrogen and oxygen atoms in total. The minimum absolute atomic E-state index is 0.968. The van der Waals surface area contributed by atoms with Crippen molar-refractivity contribution in [2.45, 2.75) is 39.0 Å². The van der Waals surface area contributed by atoms with Crippen molar-refractivity contribution in [3.8, 4) is 22.6 Å². The van der Waals surface area contributed by atoms with Gasteiger partial charge in [0.1, 0.15) is 11.5 Å². The Kier molecular flexibility index (Phi) is 5.31. The third-order valence-corrected chi connectivity index (χ3v) is 4.20. The van der Waals surface area contributed by atoms with Gasteiger partial charge in [0, 0.05) is 11.1 Å². The fraction of sp³-hybridized carbons (Fsp3) is 0.273. The van der Waals surface area contributed by atoms with Crippen LogP contribution in [-0.4, -0.2) is 0 Å². The molecule has 0 amide bonds. The molecule has 0 radical (unpaired) electrons. The van der Waals surface area contributed by atoms with E-state index in [1.807, 2.05) is 12.1 Å². The van der Waals surface area contributed by atoms with Crippen LogP contribution in [0, 0.1) is 0 Å². The summed E-state index contributed by atoms with van der Waals surface area (Å²) in [4.78, 5) is 0. The van der Waals surface area contributed by atoms with Crippen molar-refractivity contribution in [3.63, 3.8) is 0 Å². The van der Waals surface area contributed by atoms with E-state index in [2.05, 4.69) is 61.5 Å². The van der Waals surface area contributed by atoms with Crippen LogP contribution in [-0.2, 0) is 6.42 Å². The van der Waals surface area contributed by atoms with Crippen molar-refractivity contribution in [2.24, 2.45) is 0 Å². The van der Waals surface area contributed by atoms with E-state index in [1.54, 1.807) is 0 Å². The summed E-state index contributed by atoms with van der Waals surface area (Å²) in [5.41, 5.74) is 3.64. The molecule has 1 heterocycles. The molecule has 0 atom stereocenters. The van der Waals surface area contributed by atoms with Gasteiger partial charge >= 0.3 is 0 Å². The highest BCUT2D eigenvalue weighted by Crippen LogP contribution is 2.33. The van der Waals surface area contributed by atoms with Gasteiger partial charge in [0.25, 0.3) is 0 Å². The first kappa shape index (κ1) is 15.6. The van der Waals surface area contributed by atoms with Gasteiger partial charge in [-0.2, -0.15) is 0 Å². The summed E-state index contributed by atoms with van der Waals surface area (Å²) < 4.78 is 6.24. The highest BCUT2D eigenvalue weighted by atomic mass is 16.3. The quantitative estimate of drug-likeness (QED) is 0.441. The lowest BCUT2D eigenvalue weighted by atomic mass is 10.0. The summed E-state index contributed by atoms with van der Waals surface area (Å²) in [6.07, 6.45) is 6.18. The Morgan fingerprint density at radius 2 is 1.39 bits per heavy atom. The summed E-state index contributed by atoms with van der Waals surface area (Å²) in [6.45, 7) is 2.25. The van der Waals surface area contributed by atoms with Crippen LogP contribution in [0.15, 0.2) is 71.1 Å². The van der Waals surface area contributed by atoms with Crippen LogP contribution >= 0.6 is 0 Å². The van der Waals surface area contributed by atoms with Crippen LogP contribution in [0.3, 0.4) is 0 Å². The van der Waals surface area contributed by atoms with Crippen molar-refractivity contribution < 1.29 is 4.42 Å². The van der Waals surface area contributed by atoms with Gasteiger partial charge in [-0.15, -0.1) is 0 Å². The second kappa shape index (κ2) is 7.82.